The van der Waals surface area contributed by atoms with Crippen molar-refractivity contribution in [1.29, 1.82) is 0 Å². The van der Waals surface area contributed by atoms with Crippen molar-refractivity contribution in [3.05, 3.63) is 25.0 Å². The number of hydrogen-bond donors (Lipinski definition) is 4. The van der Waals surface area contributed by atoms with Crippen LogP contribution >= 0.6 is 0 Å². The van der Waals surface area contributed by atoms with Crippen LogP contribution in [0.1, 0.15) is 47.0 Å². The maximum absolute atomic E-state index is 11.9. The highest BCUT2D eigenvalue weighted by Gasteiger charge is 2.29. The molecule has 0 radical (unpaired) electrons. The molecule has 51 heavy (non-hydrogen) atoms. The van der Waals surface area contributed by atoms with E-state index in [1.54, 1.807) is 51.1 Å². The van der Waals surface area contributed by atoms with Crippen molar-refractivity contribution in [1.82, 2.24) is 39.0 Å². The van der Waals surface area contributed by atoms with E-state index >= 15 is 0 Å². The fourth-order valence-electron chi connectivity index (χ4n) is 4.25. The summed E-state index contributed by atoms with van der Waals surface area (Å²) in [5.41, 5.74) is 13.6. The number of carbonyl (C=O) groups is 4. The third-order valence-corrected chi connectivity index (χ3v) is 6.75. The van der Waals surface area contributed by atoms with Gasteiger partial charge in [-0.15, -0.1) is 0 Å². The minimum absolute atomic E-state index is 0.0275. The van der Waals surface area contributed by atoms with Gasteiger partial charge in [0.1, 0.15) is 17.5 Å². The van der Waals surface area contributed by atoms with Gasteiger partial charge in [-0.1, -0.05) is 0 Å². The van der Waals surface area contributed by atoms with Crippen LogP contribution in [0.25, 0.3) is 22.3 Å². The molecule has 0 amide bonds. The number of aromatic nitrogens is 8. The predicted molar refractivity (Wildman–Crippen MR) is 181 cm³/mol. The maximum atomic E-state index is 11.9. The zero-order chi connectivity index (χ0) is 37.8. The van der Waals surface area contributed by atoms with Crippen molar-refractivity contribution >= 4 is 58.1 Å². The van der Waals surface area contributed by atoms with Gasteiger partial charge < -0.3 is 49.8 Å². The van der Waals surface area contributed by atoms with Crippen LogP contribution < -0.4 is 11.5 Å². The lowest BCUT2D eigenvalue weighted by atomic mass is 10.1. The Morgan fingerprint density at radius 3 is 1.47 bits per heavy atom. The van der Waals surface area contributed by atoms with Gasteiger partial charge in [0.05, 0.1) is 51.5 Å². The van der Waals surface area contributed by atoms with Crippen LogP contribution in [-0.2, 0) is 51.2 Å². The van der Waals surface area contributed by atoms with Crippen molar-refractivity contribution in [3.8, 4) is 0 Å². The fourth-order valence-corrected chi connectivity index (χ4v) is 4.25. The van der Waals surface area contributed by atoms with Crippen molar-refractivity contribution in [3.63, 3.8) is 0 Å². The molecular weight excluding hydrogens is 672 g/mol. The first kappa shape index (κ1) is 41.7. The van der Waals surface area contributed by atoms with E-state index in [1.807, 2.05) is 4.57 Å². The van der Waals surface area contributed by atoms with Gasteiger partial charge in [-0.2, -0.15) is 9.97 Å². The Morgan fingerprint density at radius 2 is 1.08 bits per heavy atom. The summed E-state index contributed by atoms with van der Waals surface area (Å²) < 4.78 is 22.5. The number of nitrogens with two attached hydrogens (primary N) is 2. The Labute approximate surface area is 293 Å². The SMILES string of the molecule is CCOC(=O)C(CCn1cnc2cnc(N)nc21)C(=O)OCC.CCOC(=O)CC(=O)OCC.Nc1ncc2ncn(CCC(CO)CO)c2n1. The smallest absolute Gasteiger partial charge is 0.320 e. The lowest BCUT2D eigenvalue weighted by Crippen LogP contribution is -2.29. The first-order valence-corrected chi connectivity index (χ1v) is 16.2. The molecule has 0 saturated heterocycles. The predicted octanol–water partition coefficient (Wildman–Crippen LogP) is 0.443. The number of fused-ring (bicyclic) bond motifs is 2. The van der Waals surface area contributed by atoms with Crippen LogP contribution in [0.15, 0.2) is 25.0 Å². The van der Waals surface area contributed by atoms with E-state index in [-0.39, 0.29) is 70.3 Å². The summed E-state index contributed by atoms with van der Waals surface area (Å²) in [6.07, 6.45) is 6.89. The second-order valence-corrected chi connectivity index (χ2v) is 10.4. The standard InChI is InChI=1S/C14H19N5O4.C10H15N5O2.C7H12O4/c1-3-22-12(20)9(13(21)23-4-2)5-6-19-8-17-10-7-16-14(15)18-11(10)19;11-10-12-3-8-9(14-10)15(6-13-8)2-1-7(4-16)5-17;1-3-10-6(8)5-7(9)11-4-2/h7-9H,3-6H2,1-2H3,(H2,15,16,18);3,6-7,16-17H,1-2,4-5H2,(H2,11,12,14);3-5H2,1-2H3. The van der Waals surface area contributed by atoms with Gasteiger partial charge >= 0.3 is 23.9 Å². The number of nitrogen functional groups attached to an aromatic ring is 2. The summed E-state index contributed by atoms with van der Waals surface area (Å²) in [4.78, 5) is 69.3. The summed E-state index contributed by atoms with van der Waals surface area (Å²) in [5, 5.41) is 18.0. The molecule has 4 aromatic heterocycles. The van der Waals surface area contributed by atoms with Gasteiger partial charge in [0.25, 0.3) is 0 Å². The first-order valence-electron chi connectivity index (χ1n) is 16.2. The zero-order valence-electron chi connectivity index (χ0n) is 29.1. The van der Waals surface area contributed by atoms with E-state index in [2.05, 4.69) is 39.4 Å². The van der Waals surface area contributed by atoms with E-state index < -0.39 is 29.8 Å². The number of esters is 4. The Kier molecular flexibility index (Phi) is 18.2. The molecule has 0 aliphatic heterocycles. The number of carbonyl (C=O) groups excluding carboxylic acids is 4. The van der Waals surface area contributed by atoms with Crippen LogP contribution in [0.3, 0.4) is 0 Å². The molecule has 0 bridgehead atoms. The fraction of sp³-hybridized carbons (Fsp3) is 0.548. The number of rotatable bonds is 16. The summed E-state index contributed by atoms with van der Waals surface area (Å²) in [6.45, 7) is 8.63. The molecule has 0 aliphatic carbocycles. The molecule has 0 aromatic carbocycles. The number of hydrogen-bond acceptors (Lipinski definition) is 18. The topological polar surface area (TPSA) is 285 Å². The third kappa shape index (κ3) is 13.7. The zero-order valence-corrected chi connectivity index (χ0v) is 29.1. The van der Waals surface area contributed by atoms with Crippen LogP contribution in [0, 0.1) is 11.8 Å². The lowest BCUT2D eigenvalue weighted by molar-refractivity contribution is -0.162. The summed E-state index contributed by atoms with van der Waals surface area (Å²) >= 11 is 0. The normalized spacial score (nSPS) is 10.7. The van der Waals surface area contributed by atoms with Gasteiger partial charge in [-0.25, -0.2) is 19.9 Å². The molecule has 0 unspecified atom stereocenters. The van der Waals surface area contributed by atoms with E-state index in [9.17, 15) is 19.2 Å². The number of ether oxygens (including phenoxy) is 4. The molecule has 0 aliphatic rings. The highest BCUT2D eigenvalue weighted by atomic mass is 16.6. The first-order chi connectivity index (χ1) is 24.5. The van der Waals surface area contributed by atoms with E-state index in [0.717, 1.165) is 0 Å². The third-order valence-electron chi connectivity index (χ3n) is 6.75. The van der Waals surface area contributed by atoms with Gasteiger partial charge in [0.15, 0.2) is 17.2 Å². The van der Waals surface area contributed by atoms with Crippen LogP contribution in [-0.4, -0.2) is 113 Å². The van der Waals surface area contributed by atoms with E-state index in [4.69, 9.17) is 31.2 Å². The summed E-state index contributed by atoms with van der Waals surface area (Å²) in [6, 6.07) is 0. The highest BCUT2D eigenvalue weighted by molar-refractivity contribution is 5.95. The molecule has 20 nitrogen and oxygen atoms in total. The minimum Gasteiger partial charge on any atom is -0.466 e. The Hall–Kier alpha value is -5.50. The van der Waals surface area contributed by atoms with E-state index in [0.29, 0.717) is 41.8 Å². The van der Waals surface area contributed by atoms with Crippen molar-refractivity contribution in [2.45, 2.75) is 60.0 Å². The highest BCUT2D eigenvalue weighted by Crippen LogP contribution is 2.16. The molecule has 0 spiro atoms. The van der Waals surface area contributed by atoms with Crippen LogP contribution in [0.4, 0.5) is 11.9 Å². The molecule has 4 rings (SSSR count). The number of nitrogens with zero attached hydrogens (tertiary/aromatic N) is 8. The molecule has 0 fully saturated rings. The second-order valence-electron chi connectivity index (χ2n) is 10.4. The molecule has 4 heterocycles. The molecule has 0 atom stereocenters. The number of aliphatic hydroxyl groups excluding tert-OH is 2. The van der Waals surface area contributed by atoms with Crippen LogP contribution in [0.2, 0.25) is 0 Å². The van der Waals surface area contributed by atoms with Gasteiger partial charge in [-0.3, -0.25) is 19.2 Å². The Bertz CT molecular complexity index is 1660. The average Bonchev–Trinajstić information content (AvgIpc) is 3.69. The number of anilines is 2. The number of aryl methyl sites for hydroxylation is 2. The average molecular weight is 719 g/mol. The lowest BCUT2D eigenvalue weighted by Gasteiger charge is -2.14. The molecule has 4 aromatic rings. The van der Waals surface area contributed by atoms with Crippen molar-refractivity contribution in [2.75, 3.05) is 51.1 Å². The minimum atomic E-state index is -0.980. The van der Waals surface area contributed by atoms with Gasteiger partial charge in [-0.05, 0) is 40.5 Å². The molecular formula is C31H46N10O10. The number of imidazole rings is 2. The maximum Gasteiger partial charge on any atom is 0.320 e. The van der Waals surface area contributed by atoms with Crippen molar-refractivity contribution < 1.29 is 48.3 Å². The van der Waals surface area contributed by atoms with Gasteiger partial charge in [0.2, 0.25) is 11.9 Å². The van der Waals surface area contributed by atoms with Crippen LogP contribution in [0.5, 0.6) is 0 Å². The second kappa shape index (κ2) is 22.3. The largest absolute Gasteiger partial charge is 0.466 e. The monoisotopic (exact) mass is 718 g/mol. The van der Waals surface area contributed by atoms with Gasteiger partial charge in [0, 0.05) is 32.2 Å². The molecule has 0 saturated carbocycles. The Morgan fingerprint density at radius 1 is 0.667 bits per heavy atom. The molecule has 6 N–H and O–H groups in total. The van der Waals surface area contributed by atoms with Crippen molar-refractivity contribution in [2.24, 2.45) is 11.8 Å². The molecule has 20 heteroatoms. The molecule has 280 valence electrons. The quantitative estimate of drug-likeness (QED) is 0.0694. The number of aliphatic hydroxyl groups is 2. The summed E-state index contributed by atoms with van der Waals surface area (Å²) in [7, 11) is 0. The Balaban J connectivity index is 0.000000284. The summed E-state index contributed by atoms with van der Waals surface area (Å²) in [5.74, 6) is -3.02. The van der Waals surface area contributed by atoms with E-state index in [1.165, 1.54) is 6.20 Å².